The summed E-state index contributed by atoms with van der Waals surface area (Å²) >= 11 is 5.79. The molecule has 174 valence electrons. The Morgan fingerprint density at radius 3 is 2.44 bits per heavy atom. The van der Waals surface area contributed by atoms with E-state index >= 15 is 0 Å². The molecule has 0 unspecified atom stereocenters. The summed E-state index contributed by atoms with van der Waals surface area (Å²) in [6, 6.07) is 6.53. The zero-order valence-electron chi connectivity index (χ0n) is 18.2. The van der Waals surface area contributed by atoms with Crippen LogP contribution >= 0.6 is 24.0 Å². The zero-order valence-corrected chi connectivity index (χ0v) is 19.8. The summed E-state index contributed by atoms with van der Waals surface area (Å²) in [5.41, 5.74) is 0.383. The molecule has 1 saturated heterocycles. The summed E-state index contributed by atoms with van der Waals surface area (Å²) in [6.45, 7) is 4.05. The lowest BCUT2D eigenvalue weighted by atomic mass is 9.91. The number of rotatable bonds is 5. The van der Waals surface area contributed by atoms with Crippen molar-refractivity contribution in [3.63, 3.8) is 0 Å². The second-order valence-corrected chi connectivity index (χ2v) is 8.91. The number of hydrogen-bond donors (Lipinski definition) is 2. The van der Waals surface area contributed by atoms with Crippen molar-refractivity contribution >= 4 is 41.6 Å². The molecule has 2 fully saturated rings. The Kier molecular flexibility index (Phi) is 8.54. The molecule has 4 rings (SSSR count). The quantitative estimate of drug-likeness (QED) is 0.618. The van der Waals surface area contributed by atoms with Crippen LogP contribution in [0.4, 0.5) is 16.0 Å². The topological polar surface area (TPSA) is 70.2 Å². The number of piperidine rings is 1. The Balaban J connectivity index is 0.00000289. The predicted octanol–water partition coefficient (Wildman–Crippen LogP) is 5.14. The fraction of sp³-hybridized carbons (Fsp3) is 0.522. The summed E-state index contributed by atoms with van der Waals surface area (Å²) in [5, 5.41) is 6.58. The van der Waals surface area contributed by atoms with E-state index in [1.165, 1.54) is 37.5 Å². The van der Waals surface area contributed by atoms with Gasteiger partial charge in [0.2, 0.25) is 0 Å². The Morgan fingerprint density at radius 1 is 1.06 bits per heavy atom. The number of aromatic nitrogens is 2. The monoisotopic (exact) mass is 481 g/mol. The fourth-order valence-corrected chi connectivity index (χ4v) is 4.59. The molecule has 6 nitrogen and oxygen atoms in total. The van der Waals surface area contributed by atoms with E-state index in [-0.39, 0.29) is 29.4 Å². The van der Waals surface area contributed by atoms with Crippen LogP contribution in [0.15, 0.2) is 24.3 Å². The molecule has 1 saturated carbocycles. The average Bonchev–Trinajstić information content (AvgIpc) is 2.77. The van der Waals surface area contributed by atoms with E-state index < -0.39 is 5.82 Å². The van der Waals surface area contributed by atoms with Gasteiger partial charge in [0.1, 0.15) is 23.3 Å². The average molecular weight is 482 g/mol. The highest BCUT2D eigenvalue weighted by Crippen LogP contribution is 2.25. The third kappa shape index (κ3) is 6.23. The molecule has 1 aliphatic carbocycles. The van der Waals surface area contributed by atoms with E-state index in [4.69, 9.17) is 11.6 Å². The predicted molar refractivity (Wildman–Crippen MR) is 129 cm³/mol. The van der Waals surface area contributed by atoms with Crippen LogP contribution in [0.1, 0.15) is 61.1 Å². The molecule has 0 bridgehead atoms. The first-order valence-corrected chi connectivity index (χ1v) is 11.5. The molecule has 9 heteroatoms. The molecule has 1 aromatic carbocycles. The van der Waals surface area contributed by atoms with Crippen molar-refractivity contribution in [1.82, 2.24) is 15.3 Å². The van der Waals surface area contributed by atoms with Crippen LogP contribution in [0.5, 0.6) is 0 Å². The normalized spacial score (nSPS) is 20.9. The van der Waals surface area contributed by atoms with Crippen molar-refractivity contribution in [3.05, 3.63) is 46.5 Å². The van der Waals surface area contributed by atoms with Crippen molar-refractivity contribution < 1.29 is 9.18 Å². The van der Waals surface area contributed by atoms with E-state index in [0.717, 1.165) is 56.2 Å². The number of benzene rings is 1. The Morgan fingerprint density at radius 2 is 1.75 bits per heavy atom. The maximum atomic E-state index is 13.3. The molecule has 2 heterocycles. The number of aryl methyl sites for hydroxylation is 1. The molecule has 1 aromatic heterocycles. The number of carbonyl (C=O) groups is 1. The van der Waals surface area contributed by atoms with Gasteiger partial charge >= 0.3 is 0 Å². The van der Waals surface area contributed by atoms with Crippen LogP contribution in [-0.2, 0) is 0 Å². The summed E-state index contributed by atoms with van der Waals surface area (Å²) < 4.78 is 13.3. The number of anilines is 2. The van der Waals surface area contributed by atoms with Gasteiger partial charge in [-0.25, -0.2) is 14.4 Å². The number of amides is 1. The van der Waals surface area contributed by atoms with Gasteiger partial charge in [0.15, 0.2) is 0 Å². The number of carbonyl (C=O) groups excluding carboxylic acids is 1. The van der Waals surface area contributed by atoms with Crippen molar-refractivity contribution in [2.45, 2.75) is 64.0 Å². The van der Waals surface area contributed by atoms with Crippen LogP contribution < -0.4 is 15.5 Å². The fourth-order valence-electron chi connectivity index (χ4n) is 4.41. The summed E-state index contributed by atoms with van der Waals surface area (Å²) in [4.78, 5) is 24.0. The molecule has 1 amide bonds. The van der Waals surface area contributed by atoms with Crippen molar-refractivity contribution in [1.29, 1.82) is 0 Å². The van der Waals surface area contributed by atoms with Crippen molar-refractivity contribution in [2.75, 3.05) is 23.3 Å². The van der Waals surface area contributed by atoms with E-state index in [9.17, 15) is 9.18 Å². The van der Waals surface area contributed by atoms with Gasteiger partial charge in [-0.3, -0.25) is 4.79 Å². The molecule has 0 atom stereocenters. The number of halogens is 3. The van der Waals surface area contributed by atoms with Gasteiger partial charge in [0, 0.05) is 36.8 Å². The molecule has 0 spiro atoms. The van der Waals surface area contributed by atoms with Gasteiger partial charge in [-0.2, -0.15) is 0 Å². The second-order valence-electron chi connectivity index (χ2n) is 8.50. The third-order valence-corrected chi connectivity index (χ3v) is 6.39. The summed E-state index contributed by atoms with van der Waals surface area (Å²) in [6.07, 6.45) is 7.36. The van der Waals surface area contributed by atoms with Crippen LogP contribution in [0.25, 0.3) is 0 Å². The maximum Gasteiger partial charge on any atom is 0.251 e. The minimum atomic E-state index is -0.520. The second kappa shape index (κ2) is 11.1. The summed E-state index contributed by atoms with van der Waals surface area (Å²) in [7, 11) is 0. The highest BCUT2D eigenvalue weighted by Gasteiger charge is 2.24. The van der Waals surface area contributed by atoms with E-state index in [2.05, 4.69) is 31.6 Å². The van der Waals surface area contributed by atoms with Crippen molar-refractivity contribution in [2.24, 2.45) is 0 Å². The largest absolute Gasteiger partial charge is 0.367 e. The lowest BCUT2D eigenvalue weighted by Gasteiger charge is -2.31. The highest BCUT2D eigenvalue weighted by atomic mass is 35.5. The van der Waals surface area contributed by atoms with Gasteiger partial charge in [0.25, 0.3) is 5.91 Å². The molecule has 2 N–H and O–H groups in total. The Bertz CT molecular complexity index is 931. The Labute approximate surface area is 199 Å². The maximum absolute atomic E-state index is 13.3. The number of nitrogens with one attached hydrogen (secondary N) is 2. The summed E-state index contributed by atoms with van der Waals surface area (Å²) in [5.74, 6) is 1.93. The van der Waals surface area contributed by atoms with Crippen LogP contribution in [0.3, 0.4) is 0 Å². The van der Waals surface area contributed by atoms with Crippen LogP contribution in [0, 0.1) is 12.7 Å². The highest BCUT2D eigenvalue weighted by molar-refractivity contribution is 6.31. The lowest BCUT2D eigenvalue weighted by molar-refractivity contribution is 0.0926. The van der Waals surface area contributed by atoms with E-state index in [1.54, 1.807) is 0 Å². The first-order chi connectivity index (χ1) is 15.0. The van der Waals surface area contributed by atoms with Crippen molar-refractivity contribution in [3.8, 4) is 0 Å². The first-order valence-electron chi connectivity index (χ1n) is 11.1. The molecule has 0 radical (unpaired) electrons. The molecule has 1 aliphatic heterocycles. The lowest BCUT2D eigenvalue weighted by Crippen LogP contribution is -2.40. The third-order valence-electron chi connectivity index (χ3n) is 6.10. The van der Waals surface area contributed by atoms with Gasteiger partial charge in [-0.05, 0) is 70.1 Å². The van der Waals surface area contributed by atoms with Gasteiger partial charge in [-0.1, -0.05) is 11.6 Å². The van der Waals surface area contributed by atoms with Crippen LogP contribution in [-0.4, -0.2) is 41.0 Å². The number of hydrogen-bond acceptors (Lipinski definition) is 5. The molecule has 2 aromatic rings. The van der Waals surface area contributed by atoms with E-state index in [1.807, 2.05) is 6.92 Å². The molecule has 2 aliphatic rings. The Hall–Kier alpha value is -2.12. The van der Waals surface area contributed by atoms with Gasteiger partial charge in [-0.15, -0.1) is 12.4 Å². The molecular weight excluding hydrogens is 452 g/mol. The number of nitrogens with zero attached hydrogens (tertiary/aromatic N) is 3. The SMILES string of the molecule is Cc1nc(N[C@H]2CC[C@@H](NC(=O)c3ccc(F)c(Cl)c3)CC2)cc(N2CCCCC2)n1.Cl. The minimum Gasteiger partial charge on any atom is -0.367 e. The van der Waals surface area contributed by atoms with Gasteiger partial charge < -0.3 is 15.5 Å². The van der Waals surface area contributed by atoms with E-state index in [0.29, 0.717) is 11.6 Å². The first kappa shape index (κ1) is 24.5. The minimum absolute atomic E-state index is 0. The standard InChI is InChI=1S/C23H29ClFN5O.ClH/c1-15-26-21(14-22(27-15)30-11-3-2-4-12-30)28-17-6-8-18(9-7-17)29-23(31)16-5-10-20(25)19(24)13-16;/h5,10,13-14,17-18H,2-4,6-9,11-12H2,1H3,(H,29,31)(H,26,27,28);1H/t17-,18+;. The molecule has 32 heavy (non-hydrogen) atoms. The smallest absolute Gasteiger partial charge is 0.251 e. The molecular formula is C23H30Cl2FN5O. The van der Waals surface area contributed by atoms with Crippen LogP contribution in [0.2, 0.25) is 5.02 Å². The zero-order chi connectivity index (χ0) is 21.8. The van der Waals surface area contributed by atoms with Gasteiger partial charge in [0.05, 0.1) is 5.02 Å².